The molecule has 0 spiro atoms. The van der Waals surface area contributed by atoms with E-state index in [1.807, 2.05) is 0 Å². The summed E-state index contributed by atoms with van der Waals surface area (Å²) in [5.74, 6) is 0. The van der Waals surface area contributed by atoms with Crippen LogP contribution in [-0.4, -0.2) is 19.8 Å². The lowest BCUT2D eigenvalue weighted by Crippen LogP contribution is -2.40. The SMILES string of the molecule is NCC1(C2=CCOCC2)CCC1. The van der Waals surface area contributed by atoms with Crippen LogP contribution in [0.25, 0.3) is 0 Å². The zero-order valence-electron chi connectivity index (χ0n) is 7.51. The summed E-state index contributed by atoms with van der Waals surface area (Å²) >= 11 is 0. The van der Waals surface area contributed by atoms with Crippen LogP contribution in [0.4, 0.5) is 0 Å². The molecule has 1 saturated carbocycles. The van der Waals surface area contributed by atoms with E-state index in [4.69, 9.17) is 10.5 Å². The van der Waals surface area contributed by atoms with E-state index in [9.17, 15) is 0 Å². The molecule has 12 heavy (non-hydrogen) atoms. The summed E-state index contributed by atoms with van der Waals surface area (Å²) in [6.07, 6.45) is 7.31. The van der Waals surface area contributed by atoms with E-state index in [-0.39, 0.29) is 0 Å². The van der Waals surface area contributed by atoms with Crippen LogP contribution in [0, 0.1) is 5.41 Å². The van der Waals surface area contributed by atoms with Gasteiger partial charge in [0, 0.05) is 12.0 Å². The van der Waals surface area contributed by atoms with Gasteiger partial charge in [-0.05, 0) is 19.3 Å². The van der Waals surface area contributed by atoms with Crippen LogP contribution in [0.1, 0.15) is 25.7 Å². The fourth-order valence-corrected chi connectivity index (χ4v) is 2.27. The van der Waals surface area contributed by atoms with Crippen molar-refractivity contribution in [3.8, 4) is 0 Å². The normalized spacial score (nSPS) is 27.6. The van der Waals surface area contributed by atoms with Crippen LogP contribution >= 0.6 is 0 Å². The number of hydrogen-bond acceptors (Lipinski definition) is 2. The lowest BCUT2D eigenvalue weighted by Gasteiger charge is -2.44. The van der Waals surface area contributed by atoms with Crippen molar-refractivity contribution in [1.82, 2.24) is 0 Å². The number of hydrogen-bond donors (Lipinski definition) is 1. The minimum atomic E-state index is 0.393. The predicted molar refractivity (Wildman–Crippen MR) is 48.9 cm³/mol. The Bertz CT molecular complexity index is 189. The molecule has 2 heteroatoms. The minimum Gasteiger partial charge on any atom is -0.377 e. The Morgan fingerprint density at radius 2 is 2.33 bits per heavy atom. The molecule has 0 amide bonds. The first kappa shape index (κ1) is 8.27. The highest BCUT2D eigenvalue weighted by atomic mass is 16.5. The molecule has 2 nitrogen and oxygen atoms in total. The summed E-state index contributed by atoms with van der Waals surface area (Å²) in [6, 6.07) is 0. The average Bonchev–Trinajstić information content (AvgIpc) is 2.05. The van der Waals surface area contributed by atoms with E-state index < -0.39 is 0 Å². The molecular formula is C10H17NO. The van der Waals surface area contributed by atoms with E-state index in [1.54, 1.807) is 5.57 Å². The van der Waals surface area contributed by atoms with Gasteiger partial charge in [0.1, 0.15) is 0 Å². The van der Waals surface area contributed by atoms with Crippen molar-refractivity contribution in [3.63, 3.8) is 0 Å². The fraction of sp³-hybridized carbons (Fsp3) is 0.800. The average molecular weight is 167 g/mol. The van der Waals surface area contributed by atoms with E-state index in [0.717, 1.165) is 26.2 Å². The predicted octanol–water partition coefficient (Wildman–Crippen LogP) is 1.46. The van der Waals surface area contributed by atoms with Crippen molar-refractivity contribution in [2.45, 2.75) is 25.7 Å². The summed E-state index contributed by atoms with van der Waals surface area (Å²) in [4.78, 5) is 0. The van der Waals surface area contributed by atoms with Gasteiger partial charge >= 0.3 is 0 Å². The minimum absolute atomic E-state index is 0.393. The van der Waals surface area contributed by atoms with Crippen molar-refractivity contribution < 1.29 is 4.74 Å². The van der Waals surface area contributed by atoms with Crippen LogP contribution in [0.5, 0.6) is 0 Å². The van der Waals surface area contributed by atoms with Crippen LogP contribution in [0.15, 0.2) is 11.6 Å². The Balaban J connectivity index is 2.09. The highest BCUT2D eigenvalue weighted by Crippen LogP contribution is 2.47. The van der Waals surface area contributed by atoms with Crippen LogP contribution in [0.3, 0.4) is 0 Å². The molecule has 0 bridgehead atoms. The van der Waals surface area contributed by atoms with Gasteiger partial charge in [-0.15, -0.1) is 0 Å². The van der Waals surface area contributed by atoms with Crippen molar-refractivity contribution in [2.24, 2.45) is 11.1 Å². The Labute approximate surface area is 73.8 Å². The third-order valence-electron chi connectivity index (χ3n) is 3.35. The molecule has 2 N–H and O–H groups in total. The van der Waals surface area contributed by atoms with E-state index >= 15 is 0 Å². The molecule has 68 valence electrons. The first-order valence-electron chi connectivity index (χ1n) is 4.85. The third-order valence-corrected chi connectivity index (χ3v) is 3.35. The van der Waals surface area contributed by atoms with Gasteiger partial charge in [0.05, 0.1) is 13.2 Å². The molecule has 0 unspecified atom stereocenters. The molecule has 1 aliphatic heterocycles. The number of rotatable bonds is 2. The first-order valence-corrected chi connectivity index (χ1v) is 4.85. The quantitative estimate of drug-likeness (QED) is 0.632. The maximum atomic E-state index is 5.82. The third kappa shape index (κ3) is 1.19. The molecule has 0 aromatic carbocycles. The Morgan fingerprint density at radius 1 is 1.50 bits per heavy atom. The summed E-state index contributed by atoms with van der Waals surface area (Å²) in [7, 11) is 0. The van der Waals surface area contributed by atoms with Crippen molar-refractivity contribution in [2.75, 3.05) is 19.8 Å². The zero-order valence-corrected chi connectivity index (χ0v) is 7.51. The first-order chi connectivity index (χ1) is 5.87. The molecule has 0 aromatic heterocycles. The largest absolute Gasteiger partial charge is 0.377 e. The standard InChI is InChI=1S/C10H17NO/c11-8-10(4-1-5-10)9-2-6-12-7-3-9/h2H,1,3-8,11H2. The molecule has 0 saturated heterocycles. The molecule has 2 aliphatic rings. The molecule has 0 aromatic rings. The monoisotopic (exact) mass is 167 g/mol. The van der Waals surface area contributed by atoms with Gasteiger partial charge in [-0.2, -0.15) is 0 Å². The Hall–Kier alpha value is -0.340. The summed E-state index contributed by atoms with van der Waals surface area (Å²) in [5.41, 5.74) is 7.78. The van der Waals surface area contributed by atoms with Gasteiger partial charge in [-0.3, -0.25) is 0 Å². The summed E-state index contributed by atoms with van der Waals surface area (Å²) < 4.78 is 5.29. The van der Waals surface area contributed by atoms with E-state index in [0.29, 0.717) is 5.41 Å². The van der Waals surface area contributed by atoms with E-state index in [1.165, 1.54) is 19.3 Å². The van der Waals surface area contributed by atoms with Gasteiger partial charge in [0.25, 0.3) is 0 Å². The molecule has 0 radical (unpaired) electrons. The van der Waals surface area contributed by atoms with Crippen molar-refractivity contribution in [1.29, 1.82) is 0 Å². The smallest absolute Gasteiger partial charge is 0.0650 e. The molecule has 0 atom stereocenters. The van der Waals surface area contributed by atoms with Gasteiger partial charge in [0.15, 0.2) is 0 Å². The lowest BCUT2D eigenvalue weighted by molar-refractivity contribution is 0.122. The van der Waals surface area contributed by atoms with Gasteiger partial charge in [0.2, 0.25) is 0 Å². The van der Waals surface area contributed by atoms with Crippen LogP contribution in [-0.2, 0) is 4.74 Å². The topological polar surface area (TPSA) is 35.2 Å². The second kappa shape index (κ2) is 3.19. The van der Waals surface area contributed by atoms with Crippen molar-refractivity contribution >= 4 is 0 Å². The summed E-state index contributed by atoms with van der Waals surface area (Å²) in [5, 5.41) is 0. The molecule has 1 fully saturated rings. The highest BCUT2D eigenvalue weighted by Gasteiger charge is 2.38. The Kier molecular flexibility index (Phi) is 2.20. The highest BCUT2D eigenvalue weighted by molar-refractivity contribution is 5.20. The summed E-state index contributed by atoms with van der Waals surface area (Å²) in [6.45, 7) is 2.53. The molecule has 1 aliphatic carbocycles. The van der Waals surface area contributed by atoms with Crippen molar-refractivity contribution in [3.05, 3.63) is 11.6 Å². The molecule has 2 rings (SSSR count). The molecular weight excluding hydrogens is 150 g/mol. The van der Waals surface area contributed by atoms with E-state index in [2.05, 4.69) is 6.08 Å². The van der Waals surface area contributed by atoms with Gasteiger partial charge < -0.3 is 10.5 Å². The van der Waals surface area contributed by atoms with Crippen LogP contribution in [0.2, 0.25) is 0 Å². The van der Waals surface area contributed by atoms with Gasteiger partial charge in [-0.25, -0.2) is 0 Å². The maximum absolute atomic E-state index is 5.82. The zero-order chi connectivity index (χ0) is 8.44. The van der Waals surface area contributed by atoms with Gasteiger partial charge in [-0.1, -0.05) is 18.1 Å². The van der Waals surface area contributed by atoms with Crippen LogP contribution < -0.4 is 5.73 Å². The molecule has 1 heterocycles. The number of ether oxygens (including phenoxy) is 1. The lowest BCUT2D eigenvalue weighted by atomic mass is 9.63. The Morgan fingerprint density at radius 3 is 2.75 bits per heavy atom. The second-order valence-corrected chi connectivity index (χ2v) is 3.89. The second-order valence-electron chi connectivity index (χ2n) is 3.89. The number of nitrogens with two attached hydrogens (primary N) is 1. The fourth-order valence-electron chi connectivity index (χ4n) is 2.27. The maximum Gasteiger partial charge on any atom is 0.0650 e.